The van der Waals surface area contributed by atoms with Crippen LogP contribution in [0.5, 0.6) is 5.75 Å². The Bertz CT molecular complexity index is 769. The van der Waals surface area contributed by atoms with E-state index in [9.17, 15) is 4.79 Å². The van der Waals surface area contributed by atoms with Crippen LogP contribution in [0.2, 0.25) is 0 Å². The van der Waals surface area contributed by atoms with Gasteiger partial charge in [-0.1, -0.05) is 38.3 Å². The number of carbonyl (C=O) groups excluding carboxylic acids is 1. The number of rotatable bonds is 8. The van der Waals surface area contributed by atoms with Gasteiger partial charge < -0.3 is 10.1 Å². The van der Waals surface area contributed by atoms with E-state index in [0.717, 1.165) is 23.1 Å². The lowest BCUT2D eigenvalue weighted by Gasteiger charge is -2.10. The molecule has 0 heterocycles. The summed E-state index contributed by atoms with van der Waals surface area (Å²) in [5.74, 6) is 0.461. The first kappa shape index (κ1) is 19.0. The number of ether oxygens (including phenoxy) is 1. The average molecular weight is 401 g/mol. The molecule has 0 fully saturated rings. The Hall–Kier alpha value is -2.32. The molecule has 5 heteroatoms. The van der Waals surface area contributed by atoms with E-state index in [1.165, 1.54) is 12.8 Å². The molecule has 0 unspecified atom stereocenters. The van der Waals surface area contributed by atoms with E-state index in [1.807, 2.05) is 0 Å². The second-order valence-electron chi connectivity index (χ2n) is 5.67. The molecule has 0 saturated heterocycles. The van der Waals surface area contributed by atoms with Gasteiger partial charge in [-0.15, -0.1) is 0 Å². The Morgan fingerprint density at radius 3 is 2.72 bits per heavy atom. The Morgan fingerprint density at radius 1 is 1.20 bits per heavy atom. The van der Waals surface area contributed by atoms with Crippen molar-refractivity contribution in [2.24, 2.45) is 0 Å². The molecule has 0 aliphatic rings. The largest absolute Gasteiger partial charge is 0.492 e. The Labute approximate surface area is 156 Å². The maximum Gasteiger partial charge on any atom is 0.255 e. The van der Waals surface area contributed by atoms with Gasteiger partial charge in [0.25, 0.3) is 5.91 Å². The second-order valence-corrected chi connectivity index (χ2v) is 6.52. The number of carbonyl (C=O) groups is 1. The lowest BCUT2D eigenvalue weighted by atomic mass is 10.1. The molecule has 4 nitrogen and oxygen atoms in total. The normalized spacial score (nSPS) is 10.1. The maximum atomic E-state index is 12.4. The van der Waals surface area contributed by atoms with Gasteiger partial charge in [0.15, 0.2) is 0 Å². The van der Waals surface area contributed by atoms with Crippen LogP contribution in [0.1, 0.15) is 48.5 Å². The van der Waals surface area contributed by atoms with E-state index in [-0.39, 0.29) is 5.91 Å². The van der Waals surface area contributed by atoms with Crippen LogP contribution in [0.15, 0.2) is 46.9 Å². The van der Waals surface area contributed by atoms with Crippen LogP contribution in [-0.2, 0) is 0 Å². The minimum Gasteiger partial charge on any atom is -0.492 e. The summed E-state index contributed by atoms with van der Waals surface area (Å²) in [5.41, 5.74) is 1.43. The van der Waals surface area contributed by atoms with Gasteiger partial charge in [-0.25, -0.2) is 0 Å². The summed E-state index contributed by atoms with van der Waals surface area (Å²) in [5, 5.41) is 11.9. The molecule has 0 spiro atoms. The zero-order valence-electron chi connectivity index (χ0n) is 14.2. The predicted octanol–water partition coefficient (Wildman–Crippen LogP) is 5.53. The highest BCUT2D eigenvalue weighted by molar-refractivity contribution is 9.10. The third-order valence-electron chi connectivity index (χ3n) is 3.75. The van der Waals surface area contributed by atoms with Crippen LogP contribution >= 0.6 is 15.9 Å². The minimum absolute atomic E-state index is 0.266. The zero-order valence-corrected chi connectivity index (χ0v) is 15.8. The minimum atomic E-state index is -0.266. The fourth-order valence-corrected chi connectivity index (χ4v) is 2.85. The van der Waals surface area contributed by atoms with E-state index in [4.69, 9.17) is 10.00 Å². The Morgan fingerprint density at radius 2 is 2.00 bits per heavy atom. The van der Waals surface area contributed by atoms with E-state index < -0.39 is 0 Å². The zero-order chi connectivity index (χ0) is 18.1. The van der Waals surface area contributed by atoms with Gasteiger partial charge >= 0.3 is 0 Å². The average Bonchev–Trinajstić information content (AvgIpc) is 2.63. The van der Waals surface area contributed by atoms with Crippen LogP contribution < -0.4 is 10.1 Å². The van der Waals surface area contributed by atoms with Crippen LogP contribution in [0.25, 0.3) is 0 Å². The molecule has 0 atom stereocenters. The molecule has 2 aromatic carbocycles. The summed E-state index contributed by atoms with van der Waals surface area (Å²) in [7, 11) is 0. The number of nitrogens with one attached hydrogen (secondary N) is 1. The van der Waals surface area contributed by atoms with Gasteiger partial charge in [0, 0.05) is 5.56 Å². The SMILES string of the molecule is CCCCCCOc1ccc(C(=O)Nc2ccccc2C#N)cc1Br. The van der Waals surface area contributed by atoms with E-state index >= 15 is 0 Å². The van der Waals surface area contributed by atoms with Crippen molar-refractivity contribution < 1.29 is 9.53 Å². The van der Waals surface area contributed by atoms with Crippen molar-refractivity contribution >= 4 is 27.5 Å². The van der Waals surface area contributed by atoms with Crippen molar-refractivity contribution in [3.63, 3.8) is 0 Å². The van der Waals surface area contributed by atoms with E-state index in [0.29, 0.717) is 23.4 Å². The molecule has 130 valence electrons. The number of halogens is 1. The van der Waals surface area contributed by atoms with Crippen LogP contribution in [0.3, 0.4) is 0 Å². The molecule has 0 aromatic heterocycles. The summed E-state index contributed by atoms with van der Waals surface area (Å²) in [6.45, 7) is 2.84. The molecular weight excluding hydrogens is 380 g/mol. The van der Waals surface area contributed by atoms with Crippen molar-refractivity contribution in [1.29, 1.82) is 5.26 Å². The highest BCUT2D eigenvalue weighted by Crippen LogP contribution is 2.27. The van der Waals surface area contributed by atoms with E-state index in [2.05, 4.69) is 34.2 Å². The number of hydrogen-bond acceptors (Lipinski definition) is 3. The van der Waals surface area contributed by atoms with Gasteiger partial charge in [-0.05, 0) is 52.7 Å². The fraction of sp³-hybridized carbons (Fsp3) is 0.300. The number of para-hydroxylation sites is 1. The molecular formula is C20H21BrN2O2. The van der Waals surface area contributed by atoms with E-state index in [1.54, 1.807) is 42.5 Å². The quantitative estimate of drug-likeness (QED) is 0.592. The van der Waals surface area contributed by atoms with Crippen molar-refractivity contribution in [3.8, 4) is 11.8 Å². The Balaban J connectivity index is 1.99. The molecule has 2 rings (SSSR count). The fourth-order valence-electron chi connectivity index (χ4n) is 2.35. The number of hydrogen-bond donors (Lipinski definition) is 1. The first-order valence-corrected chi connectivity index (χ1v) is 9.18. The lowest BCUT2D eigenvalue weighted by molar-refractivity contribution is 0.102. The number of unbranched alkanes of at least 4 members (excludes halogenated alkanes) is 3. The summed E-state index contributed by atoms with van der Waals surface area (Å²) in [6, 6.07) is 14.2. The number of anilines is 1. The number of amides is 1. The van der Waals surface area contributed by atoms with Gasteiger partial charge in [0.2, 0.25) is 0 Å². The first-order chi connectivity index (χ1) is 12.2. The van der Waals surface area contributed by atoms with Crippen LogP contribution in [0.4, 0.5) is 5.69 Å². The van der Waals surface area contributed by atoms with Gasteiger partial charge in [-0.3, -0.25) is 4.79 Å². The molecule has 25 heavy (non-hydrogen) atoms. The van der Waals surface area contributed by atoms with Crippen molar-refractivity contribution in [1.82, 2.24) is 0 Å². The molecule has 0 aliphatic heterocycles. The third-order valence-corrected chi connectivity index (χ3v) is 4.36. The second kappa shape index (κ2) is 9.85. The topological polar surface area (TPSA) is 62.1 Å². The van der Waals surface area contributed by atoms with Crippen LogP contribution in [0, 0.1) is 11.3 Å². The summed E-state index contributed by atoms with van der Waals surface area (Å²) in [6.07, 6.45) is 4.59. The highest BCUT2D eigenvalue weighted by atomic mass is 79.9. The van der Waals surface area contributed by atoms with Gasteiger partial charge in [-0.2, -0.15) is 5.26 Å². The number of nitriles is 1. The summed E-state index contributed by atoms with van der Waals surface area (Å²) >= 11 is 3.45. The summed E-state index contributed by atoms with van der Waals surface area (Å²) in [4.78, 5) is 12.4. The maximum absolute atomic E-state index is 12.4. The standard InChI is InChI=1S/C20H21BrN2O2/c1-2-3-4-7-12-25-19-11-10-15(13-17(19)21)20(24)23-18-9-6-5-8-16(18)14-22/h5-6,8-11,13H,2-4,7,12H2,1H3,(H,23,24). The molecule has 0 aliphatic carbocycles. The monoisotopic (exact) mass is 400 g/mol. The van der Waals surface area contributed by atoms with Gasteiger partial charge in [0.05, 0.1) is 22.3 Å². The van der Waals surface area contributed by atoms with Crippen molar-refractivity contribution in [3.05, 3.63) is 58.1 Å². The summed E-state index contributed by atoms with van der Waals surface area (Å²) < 4.78 is 6.49. The van der Waals surface area contributed by atoms with Crippen molar-refractivity contribution in [2.75, 3.05) is 11.9 Å². The molecule has 0 saturated carbocycles. The van der Waals surface area contributed by atoms with Gasteiger partial charge in [0.1, 0.15) is 11.8 Å². The molecule has 2 aromatic rings. The molecule has 0 radical (unpaired) electrons. The molecule has 1 amide bonds. The molecule has 0 bridgehead atoms. The third kappa shape index (κ3) is 5.61. The Kier molecular flexibility index (Phi) is 7.49. The lowest BCUT2D eigenvalue weighted by Crippen LogP contribution is -2.13. The first-order valence-electron chi connectivity index (χ1n) is 8.38. The van der Waals surface area contributed by atoms with Crippen molar-refractivity contribution in [2.45, 2.75) is 32.6 Å². The van der Waals surface area contributed by atoms with Crippen LogP contribution in [-0.4, -0.2) is 12.5 Å². The highest BCUT2D eigenvalue weighted by Gasteiger charge is 2.11. The number of benzene rings is 2. The smallest absolute Gasteiger partial charge is 0.255 e. The number of nitrogens with zero attached hydrogens (tertiary/aromatic N) is 1. The molecule has 1 N–H and O–H groups in total. The predicted molar refractivity (Wildman–Crippen MR) is 103 cm³/mol.